The predicted molar refractivity (Wildman–Crippen MR) is 64.6 cm³/mol. The molecule has 15 heavy (non-hydrogen) atoms. The van der Waals surface area contributed by atoms with Crippen molar-refractivity contribution >= 4 is 33.2 Å². The largest absolute Gasteiger partial charge is 0.399 e. The molecule has 5 N–H and O–H groups in total. The molecule has 1 heterocycles. The van der Waals surface area contributed by atoms with Gasteiger partial charge in [0.1, 0.15) is 0 Å². The summed E-state index contributed by atoms with van der Waals surface area (Å²) >= 11 is 0. The number of nitrogens with two attached hydrogens (primary N) is 2. The molecule has 3 nitrogen and oxygen atoms in total. The molecular weight excluding hydrogens is 186 g/mol. The van der Waals surface area contributed by atoms with Crippen LogP contribution in [0.3, 0.4) is 0 Å². The molecule has 0 unspecified atom stereocenters. The Balaban J connectivity index is 2.61. The molecule has 1 aromatic heterocycles. The first-order valence-electron chi connectivity index (χ1n) is 4.81. The van der Waals surface area contributed by atoms with Gasteiger partial charge in [-0.25, -0.2) is 0 Å². The molecule has 0 bridgehead atoms. The van der Waals surface area contributed by atoms with Crippen LogP contribution in [0.2, 0.25) is 0 Å². The van der Waals surface area contributed by atoms with Crippen LogP contribution in [0.4, 0.5) is 11.4 Å². The Morgan fingerprint density at radius 3 is 2.60 bits per heavy atom. The quantitative estimate of drug-likeness (QED) is 0.484. The SMILES string of the molecule is Nc1cc(N)c2[nH]c3ccccc3c2c1. The summed E-state index contributed by atoms with van der Waals surface area (Å²) in [5, 5.41) is 2.25. The lowest BCUT2D eigenvalue weighted by Crippen LogP contribution is -1.90. The van der Waals surface area contributed by atoms with Crippen molar-refractivity contribution in [1.82, 2.24) is 4.98 Å². The summed E-state index contributed by atoms with van der Waals surface area (Å²) in [6, 6.07) is 11.8. The van der Waals surface area contributed by atoms with Gasteiger partial charge >= 0.3 is 0 Å². The molecule has 0 atom stereocenters. The molecule has 0 aliphatic heterocycles. The molecule has 74 valence electrons. The van der Waals surface area contributed by atoms with Crippen molar-refractivity contribution in [3.8, 4) is 0 Å². The normalized spacial score (nSPS) is 11.2. The third-order valence-corrected chi connectivity index (χ3v) is 2.67. The minimum atomic E-state index is 0.696. The molecule has 0 radical (unpaired) electrons. The van der Waals surface area contributed by atoms with Crippen molar-refractivity contribution in [2.45, 2.75) is 0 Å². The maximum absolute atomic E-state index is 5.91. The highest BCUT2D eigenvalue weighted by Crippen LogP contribution is 2.30. The number of nitrogen functional groups attached to an aromatic ring is 2. The van der Waals surface area contributed by atoms with Gasteiger partial charge in [0.15, 0.2) is 0 Å². The Morgan fingerprint density at radius 2 is 1.73 bits per heavy atom. The molecular formula is C12H11N3. The predicted octanol–water partition coefficient (Wildman–Crippen LogP) is 2.49. The van der Waals surface area contributed by atoms with Crippen LogP contribution >= 0.6 is 0 Å². The van der Waals surface area contributed by atoms with Crippen LogP contribution in [0.1, 0.15) is 0 Å². The first kappa shape index (κ1) is 8.17. The van der Waals surface area contributed by atoms with Gasteiger partial charge in [0.2, 0.25) is 0 Å². The Kier molecular flexibility index (Phi) is 1.45. The molecule has 0 fully saturated rings. The van der Waals surface area contributed by atoms with Crippen LogP contribution in [0.5, 0.6) is 0 Å². The number of nitrogens with one attached hydrogen (secondary N) is 1. The van der Waals surface area contributed by atoms with Crippen LogP contribution in [0.15, 0.2) is 36.4 Å². The Morgan fingerprint density at radius 1 is 0.933 bits per heavy atom. The summed E-state index contributed by atoms with van der Waals surface area (Å²) in [6.07, 6.45) is 0. The lowest BCUT2D eigenvalue weighted by molar-refractivity contribution is 1.54. The number of benzene rings is 2. The van der Waals surface area contributed by atoms with Crippen LogP contribution in [0.25, 0.3) is 21.8 Å². The minimum Gasteiger partial charge on any atom is -0.399 e. The number of H-pyrrole nitrogens is 1. The minimum absolute atomic E-state index is 0.696. The zero-order valence-corrected chi connectivity index (χ0v) is 8.12. The lowest BCUT2D eigenvalue weighted by Gasteiger charge is -1.98. The number of fused-ring (bicyclic) bond motifs is 3. The number of para-hydroxylation sites is 1. The molecule has 0 saturated heterocycles. The molecule has 3 heteroatoms. The second kappa shape index (κ2) is 2.67. The Bertz CT molecular complexity index is 652. The van der Waals surface area contributed by atoms with Gasteiger partial charge in [0, 0.05) is 22.0 Å². The third kappa shape index (κ3) is 1.06. The average Bonchev–Trinajstić information content (AvgIpc) is 2.57. The van der Waals surface area contributed by atoms with Crippen LogP contribution in [-0.4, -0.2) is 4.98 Å². The lowest BCUT2D eigenvalue weighted by atomic mass is 10.1. The maximum Gasteiger partial charge on any atom is 0.0700 e. The van der Waals surface area contributed by atoms with Gasteiger partial charge in [-0.1, -0.05) is 18.2 Å². The van der Waals surface area contributed by atoms with E-state index in [-0.39, 0.29) is 0 Å². The Labute approximate surface area is 86.7 Å². The van der Waals surface area contributed by atoms with Gasteiger partial charge < -0.3 is 16.5 Å². The first-order valence-corrected chi connectivity index (χ1v) is 4.81. The summed E-state index contributed by atoms with van der Waals surface area (Å²) in [5.74, 6) is 0. The summed E-state index contributed by atoms with van der Waals surface area (Å²) < 4.78 is 0. The monoisotopic (exact) mass is 197 g/mol. The van der Waals surface area contributed by atoms with Gasteiger partial charge in [-0.05, 0) is 18.2 Å². The van der Waals surface area contributed by atoms with Crippen molar-refractivity contribution in [3.63, 3.8) is 0 Å². The van der Waals surface area contributed by atoms with E-state index < -0.39 is 0 Å². The van der Waals surface area contributed by atoms with E-state index in [1.54, 1.807) is 6.07 Å². The molecule has 0 aliphatic carbocycles. The van der Waals surface area contributed by atoms with E-state index in [2.05, 4.69) is 11.1 Å². The fourth-order valence-corrected chi connectivity index (χ4v) is 2.00. The maximum atomic E-state index is 5.91. The first-order chi connectivity index (χ1) is 7.25. The molecule has 2 aromatic carbocycles. The smallest absolute Gasteiger partial charge is 0.0700 e. The molecule has 0 aliphatic rings. The van der Waals surface area contributed by atoms with Gasteiger partial charge in [-0.15, -0.1) is 0 Å². The topological polar surface area (TPSA) is 67.8 Å². The van der Waals surface area contributed by atoms with Crippen molar-refractivity contribution in [1.29, 1.82) is 0 Å². The van der Waals surface area contributed by atoms with E-state index in [9.17, 15) is 0 Å². The van der Waals surface area contributed by atoms with Crippen molar-refractivity contribution in [3.05, 3.63) is 36.4 Å². The summed E-state index contributed by atoms with van der Waals surface area (Å²) in [6.45, 7) is 0. The highest BCUT2D eigenvalue weighted by atomic mass is 14.7. The van der Waals surface area contributed by atoms with Gasteiger partial charge in [0.05, 0.1) is 11.2 Å². The van der Waals surface area contributed by atoms with E-state index in [0.29, 0.717) is 11.4 Å². The van der Waals surface area contributed by atoms with Crippen molar-refractivity contribution < 1.29 is 0 Å². The molecule has 3 aromatic rings. The number of hydrogen-bond acceptors (Lipinski definition) is 2. The molecule has 0 saturated carbocycles. The third-order valence-electron chi connectivity index (χ3n) is 2.67. The number of aromatic amines is 1. The number of aromatic nitrogens is 1. The second-order valence-corrected chi connectivity index (χ2v) is 3.70. The number of rotatable bonds is 0. The van der Waals surface area contributed by atoms with E-state index in [0.717, 1.165) is 21.8 Å². The van der Waals surface area contributed by atoms with Gasteiger partial charge in [-0.2, -0.15) is 0 Å². The van der Waals surface area contributed by atoms with Crippen molar-refractivity contribution in [2.75, 3.05) is 11.5 Å². The van der Waals surface area contributed by atoms with Crippen LogP contribution < -0.4 is 11.5 Å². The van der Waals surface area contributed by atoms with Gasteiger partial charge in [0.25, 0.3) is 0 Å². The fraction of sp³-hybridized carbons (Fsp3) is 0. The van der Waals surface area contributed by atoms with E-state index in [4.69, 9.17) is 11.5 Å². The van der Waals surface area contributed by atoms with E-state index >= 15 is 0 Å². The average molecular weight is 197 g/mol. The highest BCUT2D eigenvalue weighted by molar-refractivity contribution is 6.11. The number of hydrogen-bond donors (Lipinski definition) is 3. The summed E-state index contributed by atoms with van der Waals surface area (Å²) in [5.41, 5.74) is 15.1. The van der Waals surface area contributed by atoms with Crippen LogP contribution in [-0.2, 0) is 0 Å². The highest BCUT2D eigenvalue weighted by Gasteiger charge is 2.06. The molecule has 0 amide bonds. The van der Waals surface area contributed by atoms with E-state index in [1.807, 2.05) is 24.3 Å². The second-order valence-electron chi connectivity index (χ2n) is 3.70. The Hall–Kier alpha value is -2.16. The standard InChI is InChI=1S/C12H11N3/c13-7-5-9-8-3-1-2-4-11(8)15-12(9)10(14)6-7/h1-6,15H,13-14H2. The van der Waals surface area contributed by atoms with Crippen LogP contribution in [0, 0.1) is 0 Å². The van der Waals surface area contributed by atoms with E-state index in [1.165, 1.54) is 0 Å². The fourth-order valence-electron chi connectivity index (χ4n) is 2.00. The van der Waals surface area contributed by atoms with Gasteiger partial charge in [-0.3, -0.25) is 0 Å². The van der Waals surface area contributed by atoms with Crippen molar-refractivity contribution in [2.24, 2.45) is 0 Å². The number of anilines is 2. The molecule has 3 rings (SSSR count). The summed E-state index contributed by atoms with van der Waals surface area (Å²) in [7, 11) is 0. The zero-order chi connectivity index (χ0) is 10.4. The zero-order valence-electron chi connectivity index (χ0n) is 8.12. The summed E-state index contributed by atoms with van der Waals surface area (Å²) in [4.78, 5) is 3.29. The molecule has 0 spiro atoms.